The van der Waals surface area contributed by atoms with Gasteiger partial charge in [-0.05, 0) is 42.8 Å². The molecule has 0 aliphatic carbocycles. The minimum Gasteiger partial charge on any atom is -0.494 e. The van der Waals surface area contributed by atoms with E-state index in [4.69, 9.17) is 4.74 Å². The highest BCUT2D eigenvalue weighted by atomic mass is 16.5. The summed E-state index contributed by atoms with van der Waals surface area (Å²) in [4.78, 5) is 31.0. The van der Waals surface area contributed by atoms with Crippen molar-refractivity contribution in [3.8, 4) is 5.75 Å². The molecule has 1 aliphatic rings. The third-order valence-electron chi connectivity index (χ3n) is 4.06. The number of carbonyl (C=O) groups is 2. The van der Waals surface area contributed by atoms with E-state index in [2.05, 4.69) is 4.98 Å². The third-order valence-corrected chi connectivity index (χ3v) is 4.06. The predicted octanol–water partition coefficient (Wildman–Crippen LogP) is 2.94. The van der Waals surface area contributed by atoms with E-state index in [0.29, 0.717) is 29.1 Å². The van der Waals surface area contributed by atoms with Crippen molar-refractivity contribution in [3.63, 3.8) is 0 Å². The highest BCUT2D eigenvalue weighted by Gasteiger charge is 2.48. The van der Waals surface area contributed by atoms with E-state index >= 15 is 0 Å². The molecule has 3 aromatic rings. The topological polar surface area (TPSA) is 63.4 Å². The second-order valence-electron chi connectivity index (χ2n) is 5.73. The van der Waals surface area contributed by atoms with Crippen molar-refractivity contribution in [3.05, 3.63) is 60.4 Å². The highest BCUT2D eigenvalue weighted by molar-refractivity contribution is 6.21. The van der Waals surface area contributed by atoms with Crippen LogP contribution in [0.15, 0.2) is 54.7 Å². The summed E-state index contributed by atoms with van der Waals surface area (Å²) in [5.74, 6) is 0.326. The van der Waals surface area contributed by atoms with E-state index in [1.54, 1.807) is 30.3 Å². The number of rotatable bonds is 4. The Morgan fingerprint density at radius 2 is 1.84 bits per heavy atom. The van der Waals surface area contributed by atoms with Crippen molar-refractivity contribution in [2.24, 2.45) is 0 Å². The van der Waals surface area contributed by atoms with E-state index in [-0.39, 0.29) is 11.6 Å². The summed E-state index contributed by atoms with van der Waals surface area (Å²) in [6, 6.07) is 13.8. The number of hydrogen-bond donors (Lipinski definition) is 0. The fraction of sp³-hybridized carbons (Fsp3) is 0.158. The molecule has 1 aromatic heterocycles. The lowest BCUT2D eigenvalue weighted by atomic mass is 10.2. The summed E-state index contributed by atoms with van der Waals surface area (Å²) in [5, 5.41) is 0. The third kappa shape index (κ3) is 2.42. The zero-order chi connectivity index (χ0) is 17.4. The second kappa shape index (κ2) is 5.98. The van der Waals surface area contributed by atoms with Crippen LogP contribution in [-0.2, 0) is 0 Å². The van der Waals surface area contributed by atoms with Crippen LogP contribution in [0.5, 0.6) is 5.75 Å². The summed E-state index contributed by atoms with van der Waals surface area (Å²) in [6.07, 6.45) is 2.36. The Bertz CT molecular complexity index is 983. The van der Waals surface area contributed by atoms with Crippen molar-refractivity contribution in [1.82, 2.24) is 4.98 Å². The zero-order valence-corrected chi connectivity index (χ0v) is 13.7. The van der Waals surface area contributed by atoms with Crippen LogP contribution in [0, 0.1) is 0 Å². The predicted molar refractivity (Wildman–Crippen MR) is 91.8 cm³/mol. The number of aromatic nitrogens is 2. The minimum atomic E-state index is -0.402. The number of carbonyl (C=O) groups excluding carboxylic acids is 2. The average Bonchev–Trinajstić information content (AvgIpc) is 2.91. The lowest BCUT2D eigenvalue weighted by molar-refractivity contribution is -0.537. The van der Waals surface area contributed by atoms with Gasteiger partial charge in [0.25, 0.3) is 0 Å². The minimum absolute atomic E-state index is 0.259. The number of imide groups is 1. The lowest BCUT2D eigenvalue weighted by Gasteiger charge is -2.07. The molecule has 2 heterocycles. The first-order valence-corrected chi connectivity index (χ1v) is 8.12. The van der Waals surface area contributed by atoms with E-state index in [0.717, 1.165) is 11.3 Å². The Morgan fingerprint density at radius 3 is 2.60 bits per heavy atom. The summed E-state index contributed by atoms with van der Waals surface area (Å²) >= 11 is 0. The molecule has 0 bridgehead atoms. The summed E-state index contributed by atoms with van der Waals surface area (Å²) < 4.78 is 6.95. The van der Waals surface area contributed by atoms with Crippen LogP contribution in [0.1, 0.15) is 23.8 Å². The van der Waals surface area contributed by atoms with Crippen LogP contribution in [0.25, 0.3) is 11.0 Å². The van der Waals surface area contributed by atoms with E-state index in [1.165, 1.54) is 10.8 Å². The number of nitrogens with zero attached hydrogens (tertiary/aromatic N) is 3. The largest absolute Gasteiger partial charge is 0.512 e. The number of anilines is 1. The maximum Gasteiger partial charge on any atom is 0.512 e. The SMILES string of the molecule is CCCOc1ccc(N2C(=O)c3cnc4ccccc4[n+]3C2=O)cc1. The quantitative estimate of drug-likeness (QED) is 0.688. The molecule has 25 heavy (non-hydrogen) atoms. The van der Waals surface area contributed by atoms with E-state index in [9.17, 15) is 9.59 Å². The van der Waals surface area contributed by atoms with Crippen LogP contribution >= 0.6 is 0 Å². The molecule has 0 N–H and O–H groups in total. The molecule has 6 heteroatoms. The van der Waals surface area contributed by atoms with Gasteiger partial charge in [0.1, 0.15) is 17.0 Å². The van der Waals surface area contributed by atoms with Crippen molar-refractivity contribution < 1.29 is 18.9 Å². The molecule has 1 aliphatic heterocycles. The maximum atomic E-state index is 12.9. The summed E-state index contributed by atoms with van der Waals surface area (Å²) in [6.45, 7) is 2.66. The number of fused-ring (bicyclic) bond motifs is 3. The molecule has 0 saturated heterocycles. The highest BCUT2D eigenvalue weighted by Crippen LogP contribution is 2.24. The Balaban J connectivity index is 1.74. The Hall–Kier alpha value is -3.28. The Kier molecular flexibility index (Phi) is 3.65. The molecule has 2 aromatic carbocycles. The normalized spacial score (nSPS) is 13.4. The molecule has 0 fully saturated rings. The van der Waals surface area contributed by atoms with Crippen LogP contribution < -0.4 is 14.2 Å². The average molecular weight is 334 g/mol. The lowest BCUT2D eigenvalue weighted by Crippen LogP contribution is -2.46. The molecule has 0 spiro atoms. The van der Waals surface area contributed by atoms with Gasteiger partial charge in [-0.15, -0.1) is 9.47 Å². The van der Waals surface area contributed by atoms with Gasteiger partial charge in [-0.25, -0.2) is 9.78 Å². The second-order valence-corrected chi connectivity index (χ2v) is 5.73. The number of amides is 2. The van der Waals surface area contributed by atoms with E-state index < -0.39 is 6.03 Å². The number of ether oxygens (including phenoxy) is 1. The van der Waals surface area contributed by atoms with Gasteiger partial charge in [0.15, 0.2) is 5.52 Å². The van der Waals surface area contributed by atoms with Gasteiger partial charge in [-0.2, -0.15) is 4.79 Å². The van der Waals surface area contributed by atoms with Crippen LogP contribution in [-0.4, -0.2) is 23.5 Å². The first-order chi connectivity index (χ1) is 12.2. The molecule has 0 saturated carbocycles. The van der Waals surface area contributed by atoms with Crippen molar-refractivity contribution >= 4 is 28.7 Å². The molecule has 2 amide bonds. The number of para-hydroxylation sites is 2. The van der Waals surface area contributed by atoms with Crippen LogP contribution in [0.2, 0.25) is 0 Å². The van der Waals surface area contributed by atoms with Crippen LogP contribution in [0.4, 0.5) is 10.5 Å². The van der Waals surface area contributed by atoms with Gasteiger partial charge in [0.2, 0.25) is 5.69 Å². The van der Waals surface area contributed by atoms with Gasteiger partial charge < -0.3 is 4.74 Å². The summed E-state index contributed by atoms with van der Waals surface area (Å²) in [5.41, 5.74) is 2.04. The maximum absolute atomic E-state index is 12.9. The standard InChI is InChI=1S/C19H16N3O3/c1-2-11-25-14-9-7-13(8-10-14)21-18(23)17-12-20-15-5-3-4-6-16(15)22(17)19(21)24/h3-10,12H,2,11H2,1H3/q+1. The fourth-order valence-electron chi connectivity index (χ4n) is 2.88. The number of hydrogen-bond acceptors (Lipinski definition) is 4. The van der Waals surface area contributed by atoms with Gasteiger partial charge in [-0.3, -0.25) is 0 Å². The Morgan fingerprint density at radius 1 is 1.08 bits per heavy atom. The fourth-order valence-corrected chi connectivity index (χ4v) is 2.88. The van der Waals surface area contributed by atoms with Crippen LogP contribution in [0.3, 0.4) is 0 Å². The van der Waals surface area contributed by atoms with Gasteiger partial charge in [0.05, 0.1) is 12.8 Å². The molecular formula is C19H16N3O3+. The molecule has 0 atom stereocenters. The number of benzene rings is 2. The molecule has 4 rings (SSSR count). The Labute approximate surface area is 144 Å². The van der Waals surface area contributed by atoms with Gasteiger partial charge in [-0.1, -0.05) is 19.1 Å². The molecule has 0 unspecified atom stereocenters. The molecular weight excluding hydrogens is 318 g/mol. The monoisotopic (exact) mass is 334 g/mol. The van der Waals surface area contributed by atoms with Crippen molar-refractivity contribution in [2.75, 3.05) is 11.5 Å². The first-order valence-electron chi connectivity index (χ1n) is 8.12. The van der Waals surface area contributed by atoms with Gasteiger partial charge in [0, 0.05) is 0 Å². The molecule has 0 radical (unpaired) electrons. The molecule has 124 valence electrons. The van der Waals surface area contributed by atoms with Gasteiger partial charge >= 0.3 is 11.9 Å². The van der Waals surface area contributed by atoms with Crippen molar-refractivity contribution in [1.29, 1.82) is 0 Å². The summed E-state index contributed by atoms with van der Waals surface area (Å²) in [7, 11) is 0. The van der Waals surface area contributed by atoms with E-state index in [1.807, 2.05) is 25.1 Å². The smallest absolute Gasteiger partial charge is 0.494 e. The first kappa shape index (κ1) is 15.3. The zero-order valence-electron chi connectivity index (χ0n) is 13.7. The van der Waals surface area contributed by atoms with Crippen molar-refractivity contribution in [2.45, 2.75) is 13.3 Å². The molecule has 6 nitrogen and oxygen atoms in total.